The Kier molecular flexibility index (Phi) is 6.64. The predicted octanol–water partition coefficient (Wildman–Crippen LogP) is 6.59. The summed E-state index contributed by atoms with van der Waals surface area (Å²) < 4.78 is 5.76. The van der Waals surface area contributed by atoms with E-state index in [4.69, 9.17) is 9.72 Å². The Morgan fingerprint density at radius 3 is 2.30 bits per heavy atom. The van der Waals surface area contributed by atoms with Crippen LogP contribution in [-0.4, -0.2) is 22.8 Å². The van der Waals surface area contributed by atoms with Crippen molar-refractivity contribution in [3.05, 3.63) is 101 Å². The van der Waals surface area contributed by atoms with Crippen LogP contribution in [0.1, 0.15) is 52.1 Å². The minimum atomic E-state index is -0.847. The molecule has 1 unspecified atom stereocenters. The van der Waals surface area contributed by atoms with Gasteiger partial charge in [-0.2, -0.15) is 0 Å². The number of aromatic nitrogens is 1. The molecule has 0 saturated heterocycles. The largest absolute Gasteiger partial charge is 0.450 e. The van der Waals surface area contributed by atoms with Gasteiger partial charge < -0.3 is 4.74 Å². The van der Waals surface area contributed by atoms with E-state index in [0.717, 1.165) is 22.9 Å². The number of benzene rings is 3. The van der Waals surface area contributed by atoms with Gasteiger partial charge in [-0.3, -0.25) is 4.79 Å². The van der Waals surface area contributed by atoms with Crippen molar-refractivity contribution in [2.45, 2.75) is 39.7 Å². The molecular weight excluding hydrogens is 410 g/mol. The van der Waals surface area contributed by atoms with E-state index in [1.54, 1.807) is 30.3 Å². The van der Waals surface area contributed by atoms with E-state index in [-0.39, 0.29) is 5.78 Å². The van der Waals surface area contributed by atoms with Crippen molar-refractivity contribution >= 4 is 22.7 Å². The molecule has 0 aliphatic carbocycles. The fourth-order valence-corrected chi connectivity index (χ4v) is 3.87. The summed E-state index contributed by atoms with van der Waals surface area (Å²) in [7, 11) is 0. The molecule has 0 aliphatic rings. The molecular formula is C29H27NO3. The fourth-order valence-electron chi connectivity index (χ4n) is 3.87. The zero-order valence-electron chi connectivity index (χ0n) is 19.2. The summed E-state index contributed by atoms with van der Waals surface area (Å²) in [6.45, 7) is 5.93. The van der Waals surface area contributed by atoms with Crippen molar-refractivity contribution in [3.63, 3.8) is 0 Å². The highest BCUT2D eigenvalue weighted by molar-refractivity contribution is 6.07. The lowest BCUT2D eigenvalue weighted by Crippen LogP contribution is -2.27. The van der Waals surface area contributed by atoms with Crippen LogP contribution < -0.4 is 0 Å². The molecule has 0 bridgehead atoms. The third-order valence-electron chi connectivity index (χ3n) is 5.81. The molecule has 0 fully saturated rings. The summed E-state index contributed by atoms with van der Waals surface area (Å²) in [6, 6.07) is 24.7. The lowest BCUT2D eigenvalue weighted by molar-refractivity contribution is 0.0279. The maximum absolute atomic E-state index is 13.4. The maximum Gasteiger partial charge on any atom is 0.339 e. The third-order valence-corrected chi connectivity index (χ3v) is 5.81. The van der Waals surface area contributed by atoms with Crippen molar-refractivity contribution in [1.82, 2.24) is 4.98 Å². The minimum Gasteiger partial charge on any atom is -0.450 e. The Balaban J connectivity index is 1.73. The summed E-state index contributed by atoms with van der Waals surface area (Å²) in [5.74, 6) is -0.716. The number of esters is 1. The van der Waals surface area contributed by atoms with Crippen LogP contribution in [0.2, 0.25) is 0 Å². The van der Waals surface area contributed by atoms with E-state index in [1.807, 2.05) is 50.2 Å². The molecule has 0 saturated carbocycles. The molecule has 1 atom stereocenters. The first-order valence-electron chi connectivity index (χ1n) is 11.3. The van der Waals surface area contributed by atoms with Crippen LogP contribution in [0, 0.1) is 6.92 Å². The van der Waals surface area contributed by atoms with Crippen LogP contribution in [0.3, 0.4) is 0 Å². The summed E-state index contributed by atoms with van der Waals surface area (Å²) >= 11 is 0. The van der Waals surface area contributed by atoms with Crippen LogP contribution >= 0.6 is 0 Å². The first-order chi connectivity index (χ1) is 16.0. The second kappa shape index (κ2) is 9.78. The standard InChI is InChI=1S/C29H27NO3/c1-4-20-12-14-21(15-13-20)26-18-24(23-17-19(3)11-16-25(23)30-26)29(32)33-27(5-2)28(31)22-9-7-6-8-10-22/h6-18,27H,4-5H2,1-3H3. The van der Waals surface area contributed by atoms with E-state index in [9.17, 15) is 9.59 Å². The van der Waals surface area contributed by atoms with E-state index in [1.165, 1.54) is 5.56 Å². The minimum absolute atomic E-state index is 0.198. The molecule has 0 N–H and O–H groups in total. The summed E-state index contributed by atoms with van der Waals surface area (Å²) in [5, 5.41) is 0.718. The lowest BCUT2D eigenvalue weighted by atomic mass is 10.0. The van der Waals surface area contributed by atoms with Crippen molar-refractivity contribution in [3.8, 4) is 11.3 Å². The van der Waals surface area contributed by atoms with E-state index < -0.39 is 12.1 Å². The summed E-state index contributed by atoms with van der Waals surface area (Å²) in [6.07, 6.45) is 0.503. The number of rotatable bonds is 7. The average molecular weight is 438 g/mol. The molecule has 0 aliphatic heterocycles. The molecule has 4 nitrogen and oxygen atoms in total. The number of Topliss-reactive ketones (excluding diaryl/α,β-unsaturated/α-hetero) is 1. The van der Waals surface area contributed by atoms with Gasteiger partial charge in [0.1, 0.15) is 0 Å². The zero-order valence-corrected chi connectivity index (χ0v) is 19.2. The topological polar surface area (TPSA) is 56.3 Å². The average Bonchev–Trinajstić information content (AvgIpc) is 2.86. The van der Waals surface area contributed by atoms with Crippen molar-refractivity contribution in [1.29, 1.82) is 0 Å². The van der Waals surface area contributed by atoms with Gasteiger partial charge in [0.15, 0.2) is 6.10 Å². The molecule has 0 spiro atoms. The smallest absolute Gasteiger partial charge is 0.339 e. The van der Waals surface area contributed by atoms with Crippen molar-refractivity contribution < 1.29 is 14.3 Å². The normalized spacial score (nSPS) is 11.8. The number of fused-ring (bicyclic) bond motifs is 1. The van der Waals surface area contributed by atoms with Crippen LogP contribution in [0.4, 0.5) is 0 Å². The highest BCUT2D eigenvalue weighted by atomic mass is 16.5. The van der Waals surface area contributed by atoms with Crippen LogP contribution in [0.15, 0.2) is 78.9 Å². The number of nitrogens with zero attached hydrogens (tertiary/aromatic N) is 1. The van der Waals surface area contributed by atoms with Crippen molar-refractivity contribution in [2.24, 2.45) is 0 Å². The molecule has 0 radical (unpaired) electrons. The number of hydrogen-bond donors (Lipinski definition) is 0. The number of carbonyl (C=O) groups excluding carboxylic acids is 2. The fraction of sp³-hybridized carbons (Fsp3) is 0.207. The molecule has 33 heavy (non-hydrogen) atoms. The Hall–Kier alpha value is -3.79. The second-order valence-electron chi connectivity index (χ2n) is 8.16. The molecule has 1 aromatic heterocycles. The monoisotopic (exact) mass is 437 g/mol. The van der Waals surface area contributed by atoms with Crippen LogP contribution in [0.25, 0.3) is 22.2 Å². The number of carbonyl (C=O) groups is 2. The Labute approximate surface area is 194 Å². The maximum atomic E-state index is 13.4. The Bertz CT molecular complexity index is 1290. The molecule has 0 amide bonds. The van der Waals surface area contributed by atoms with Gasteiger partial charge in [0.25, 0.3) is 0 Å². The van der Waals surface area contributed by atoms with Crippen LogP contribution in [0.5, 0.6) is 0 Å². The van der Waals surface area contributed by atoms with Gasteiger partial charge in [-0.15, -0.1) is 0 Å². The Morgan fingerprint density at radius 2 is 1.64 bits per heavy atom. The molecule has 4 heteroatoms. The van der Waals surface area contributed by atoms with Crippen LogP contribution in [-0.2, 0) is 11.2 Å². The van der Waals surface area contributed by atoms with Gasteiger partial charge in [0.2, 0.25) is 5.78 Å². The molecule has 1 heterocycles. The number of ether oxygens (including phenoxy) is 1. The predicted molar refractivity (Wildman–Crippen MR) is 132 cm³/mol. The van der Waals surface area contributed by atoms with Crippen molar-refractivity contribution in [2.75, 3.05) is 0 Å². The summed E-state index contributed by atoms with van der Waals surface area (Å²) in [5.41, 5.74) is 5.54. The highest BCUT2D eigenvalue weighted by Gasteiger charge is 2.25. The van der Waals surface area contributed by atoms with E-state index in [2.05, 4.69) is 19.1 Å². The van der Waals surface area contributed by atoms with Gasteiger partial charge in [0, 0.05) is 16.5 Å². The highest BCUT2D eigenvalue weighted by Crippen LogP contribution is 2.27. The zero-order chi connectivity index (χ0) is 23.4. The van der Waals surface area contributed by atoms with E-state index in [0.29, 0.717) is 28.8 Å². The van der Waals surface area contributed by atoms with Gasteiger partial charge in [0.05, 0.1) is 16.8 Å². The quantitative estimate of drug-likeness (QED) is 0.242. The number of ketones is 1. The van der Waals surface area contributed by atoms with Gasteiger partial charge in [-0.05, 0) is 43.5 Å². The van der Waals surface area contributed by atoms with E-state index >= 15 is 0 Å². The third kappa shape index (κ3) is 4.85. The summed E-state index contributed by atoms with van der Waals surface area (Å²) in [4.78, 5) is 31.1. The Morgan fingerprint density at radius 1 is 0.909 bits per heavy atom. The number of aryl methyl sites for hydroxylation is 2. The molecule has 3 aromatic carbocycles. The first-order valence-corrected chi connectivity index (χ1v) is 11.3. The number of pyridine rings is 1. The molecule has 4 aromatic rings. The first kappa shape index (κ1) is 22.4. The van der Waals surface area contributed by atoms with Gasteiger partial charge >= 0.3 is 5.97 Å². The molecule has 166 valence electrons. The van der Waals surface area contributed by atoms with Gasteiger partial charge in [-0.1, -0.05) is 80.1 Å². The second-order valence-corrected chi connectivity index (χ2v) is 8.16. The molecule has 4 rings (SSSR count). The van der Waals surface area contributed by atoms with Gasteiger partial charge in [-0.25, -0.2) is 9.78 Å². The number of hydrogen-bond acceptors (Lipinski definition) is 4. The lowest BCUT2D eigenvalue weighted by Gasteiger charge is -2.17. The SMILES string of the molecule is CCc1ccc(-c2cc(C(=O)OC(CC)C(=O)c3ccccc3)c3cc(C)ccc3n2)cc1.